The Labute approximate surface area is 154 Å². The molecule has 0 aliphatic carbocycles. The molecule has 0 spiro atoms. The fourth-order valence-corrected chi connectivity index (χ4v) is 3.84. The quantitative estimate of drug-likeness (QED) is 0.414. The van der Waals surface area contributed by atoms with Crippen LogP contribution in [0, 0.1) is 0 Å². The van der Waals surface area contributed by atoms with Gasteiger partial charge in [0, 0.05) is 38.7 Å². The lowest BCUT2D eigenvalue weighted by atomic mass is 9.94. The number of carboxylic acid groups (broad SMARTS) is 1. The minimum Gasteiger partial charge on any atom is -0.479 e. The van der Waals surface area contributed by atoms with Crippen molar-refractivity contribution < 1.29 is 24.2 Å². The van der Waals surface area contributed by atoms with Gasteiger partial charge >= 0.3 is 5.97 Å². The number of anilines is 1. The molecule has 2 heterocycles. The number of hydrogen-bond acceptors (Lipinski definition) is 6. The first-order chi connectivity index (χ1) is 12.4. The summed E-state index contributed by atoms with van der Waals surface area (Å²) in [5.74, 6) is -0.940. The first-order valence-corrected chi connectivity index (χ1v) is 8.44. The smallest absolute Gasteiger partial charge is 0.350 e. The maximum Gasteiger partial charge on any atom is 0.350 e. The van der Waals surface area contributed by atoms with Crippen LogP contribution >= 0.6 is 11.6 Å². The molecule has 2 fully saturated rings. The third-order valence-corrected chi connectivity index (χ3v) is 5.24. The van der Waals surface area contributed by atoms with Gasteiger partial charge in [-0.3, -0.25) is 9.69 Å². The molecular weight excluding hydrogens is 362 g/mol. The molecule has 0 saturated carbocycles. The molecular formula is C17H18ClN3O5. The Morgan fingerprint density at radius 3 is 2.46 bits per heavy atom. The number of epoxide rings is 1. The number of carbonyl (C=O) groups excluding carboxylic acids is 2. The lowest BCUT2D eigenvalue weighted by Gasteiger charge is -2.39. The summed E-state index contributed by atoms with van der Waals surface area (Å²) in [6.07, 6.45) is 1.03. The average Bonchev–Trinajstić information content (AvgIpc) is 3.33. The number of piperazine rings is 1. The number of amides is 1. The molecule has 26 heavy (non-hydrogen) atoms. The molecule has 2 unspecified atom stereocenters. The van der Waals surface area contributed by atoms with Crippen LogP contribution in [0.15, 0.2) is 30.3 Å². The summed E-state index contributed by atoms with van der Waals surface area (Å²) in [4.78, 5) is 38.0. The summed E-state index contributed by atoms with van der Waals surface area (Å²) in [6.45, 7) is 1.93. The second kappa shape index (κ2) is 6.74. The van der Waals surface area contributed by atoms with E-state index in [2.05, 4.69) is 4.90 Å². The van der Waals surface area contributed by atoms with Gasteiger partial charge in [0.25, 0.3) is 11.5 Å². The van der Waals surface area contributed by atoms with Crippen LogP contribution in [0.4, 0.5) is 5.69 Å². The van der Waals surface area contributed by atoms with Gasteiger partial charge in [0.2, 0.25) is 0 Å². The minimum absolute atomic E-state index is 0.0855. The molecule has 9 heteroatoms. The van der Waals surface area contributed by atoms with E-state index in [-0.39, 0.29) is 6.42 Å². The molecule has 3 N–H and O–H groups in total. The lowest BCUT2D eigenvalue weighted by Crippen LogP contribution is -2.58. The molecule has 1 aromatic rings. The number of aliphatic carboxylic acids is 1. The normalized spacial score (nSPS) is 28.3. The second-order valence-electron chi connectivity index (χ2n) is 6.19. The summed E-state index contributed by atoms with van der Waals surface area (Å²) >= 11 is 6.23. The van der Waals surface area contributed by atoms with Crippen molar-refractivity contribution in [1.82, 2.24) is 4.90 Å². The highest BCUT2D eigenvalue weighted by Crippen LogP contribution is 2.53. The third-order valence-electron chi connectivity index (χ3n) is 4.92. The summed E-state index contributed by atoms with van der Waals surface area (Å²) in [5, 5.41) is 10.1. The minimum atomic E-state index is -2.16. The number of carboxylic acids is 1. The Kier molecular flexibility index (Phi) is 4.77. The van der Waals surface area contributed by atoms with E-state index in [1.807, 2.05) is 18.2 Å². The topological polar surface area (TPSA) is 116 Å². The van der Waals surface area contributed by atoms with Gasteiger partial charge in [0.05, 0.1) is 10.7 Å². The van der Waals surface area contributed by atoms with Gasteiger partial charge in [-0.1, -0.05) is 23.7 Å². The summed E-state index contributed by atoms with van der Waals surface area (Å²) in [7, 11) is 0. The van der Waals surface area contributed by atoms with Crippen molar-refractivity contribution >= 4 is 35.1 Å². The van der Waals surface area contributed by atoms with Gasteiger partial charge in [-0.2, -0.15) is 0 Å². The number of benzene rings is 1. The van der Waals surface area contributed by atoms with Crippen LogP contribution in [0.3, 0.4) is 0 Å². The highest BCUT2D eigenvalue weighted by Gasteiger charge is 2.81. The van der Waals surface area contributed by atoms with Crippen molar-refractivity contribution in [3.63, 3.8) is 0 Å². The number of halogens is 1. The highest BCUT2D eigenvalue weighted by molar-refractivity contribution is 6.33. The van der Waals surface area contributed by atoms with Crippen LogP contribution in [0.2, 0.25) is 5.02 Å². The molecule has 0 aromatic heterocycles. The van der Waals surface area contributed by atoms with Crippen molar-refractivity contribution in [2.75, 3.05) is 31.1 Å². The van der Waals surface area contributed by atoms with Gasteiger partial charge in [-0.05, 0) is 12.1 Å². The van der Waals surface area contributed by atoms with E-state index in [1.54, 1.807) is 16.9 Å². The van der Waals surface area contributed by atoms with E-state index in [9.17, 15) is 19.5 Å². The predicted molar refractivity (Wildman–Crippen MR) is 93.5 cm³/mol. The predicted octanol–water partition coefficient (Wildman–Crippen LogP) is 0.275. The van der Waals surface area contributed by atoms with Gasteiger partial charge in [-0.15, -0.1) is 0 Å². The molecule has 138 valence electrons. The fraction of sp³-hybridized carbons (Fsp3) is 0.412. The molecule has 2 saturated heterocycles. The molecule has 2 atom stereocenters. The van der Waals surface area contributed by atoms with Crippen LogP contribution in [-0.2, 0) is 19.1 Å². The zero-order valence-electron chi connectivity index (χ0n) is 13.9. The SMILES string of the molecule is NC(=O)C1(C(=O)O)OC1(CC=C=O)N1CCN(c2ccccc2Cl)CC1. The van der Waals surface area contributed by atoms with Gasteiger partial charge in [0.15, 0.2) is 5.72 Å². The Morgan fingerprint density at radius 1 is 1.31 bits per heavy atom. The van der Waals surface area contributed by atoms with Crippen molar-refractivity contribution in [3.05, 3.63) is 35.4 Å². The van der Waals surface area contributed by atoms with Crippen molar-refractivity contribution in [3.8, 4) is 0 Å². The maximum atomic E-state index is 11.8. The Hall–Kier alpha value is -2.38. The Morgan fingerprint density at radius 2 is 1.96 bits per heavy atom. The number of primary amides is 1. The van der Waals surface area contributed by atoms with E-state index in [0.717, 1.165) is 11.8 Å². The zero-order chi connectivity index (χ0) is 18.9. The largest absolute Gasteiger partial charge is 0.479 e. The van der Waals surface area contributed by atoms with Crippen LogP contribution in [0.5, 0.6) is 0 Å². The average molecular weight is 380 g/mol. The second-order valence-corrected chi connectivity index (χ2v) is 6.60. The van der Waals surface area contributed by atoms with Crippen LogP contribution in [-0.4, -0.2) is 65.3 Å². The third kappa shape index (κ3) is 2.68. The number of rotatable bonds is 6. The summed E-state index contributed by atoms with van der Waals surface area (Å²) in [6, 6.07) is 7.43. The van der Waals surface area contributed by atoms with Crippen molar-refractivity contribution in [2.24, 2.45) is 5.73 Å². The van der Waals surface area contributed by atoms with Crippen molar-refractivity contribution in [2.45, 2.75) is 17.7 Å². The first kappa shape index (κ1) is 18.4. The molecule has 1 amide bonds. The van der Waals surface area contributed by atoms with E-state index in [0.29, 0.717) is 31.2 Å². The Balaban J connectivity index is 1.81. The van der Waals surface area contributed by atoms with E-state index < -0.39 is 23.2 Å². The fourth-order valence-electron chi connectivity index (χ4n) is 3.59. The number of nitrogens with two attached hydrogens (primary N) is 1. The highest BCUT2D eigenvalue weighted by atomic mass is 35.5. The van der Waals surface area contributed by atoms with E-state index in [4.69, 9.17) is 22.1 Å². The van der Waals surface area contributed by atoms with Gasteiger partial charge in [0.1, 0.15) is 5.94 Å². The molecule has 3 rings (SSSR count). The van der Waals surface area contributed by atoms with Crippen LogP contribution < -0.4 is 10.6 Å². The van der Waals surface area contributed by atoms with Crippen LogP contribution in [0.25, 0.3) is 0 Å². The number of nitrogens with zero attached hydrogens (tertiary/aromatic N) is 2. The maximum absolute atomic E-state index is 11.8. The molecule has 8 nitrogen and oxygen atoms in total. The molecule has 0 radical (unpaired) electrons. The molecule has 1 aromatic carbocycles. The standard InChI is InChI=1S/C17H18ClN3O5/c18-12-4-1-2-5-13(12)20-7-9-21(10-8-20)16(6-3-11-22)17(26-16,14(19)23)15(24)25/h1-5H,6-10H2,(H2,19,23)(H,24,25). The zero-order valence-corrected chi connectivity index (χ0v) is 14.6. The van der Waals surface area contributed by atoms with E-state index >= 15 is 0 Å². The van der Waals surface area contributed by atoms with Crippen molar-refractivity contribution in [1.29, 1.82) is 0 Å². The monoisotopic (exact) mass is 379 g/mol. The number of hydrogen-bond donors (Lipinski definition) is 2. The summed E-state index contributed by atoms with van der Waals surface area (Å²) in [5.41, 5.74) is 2.57. The molecule has 2 aliphatic rings. The molecule has 0 bridgehead atoms. The number of ether oxygens (including phenoxy) is 1. The Bertz CT molecular complexity index is 772. The first-order valence-electron chi connectivity index (χ1n) is 8.06. The number of carbonyl (C=O) groups is 2. The summed E-state index contributed by atoms with van der Waals surface area (Å²) < 4.78 is 5.42. The van der Waals surface area contributed by atoms with Gasteiger partial charge < -0.3 is 20.5 Å². The number of para-hydroxylation sites is 1. The van der Waals surface area contributed by atoms with E-state index in [1.165, 1.54) is 0 Å². The van der Waals surface area contributed by atoms with Crippen LogP contribution in [0.1, 0.15) is 6.42 Å². The lowest BCUT2D eigenvalue weighted by molar-refractivity contribution is -0.148. The van der Waals surface area contributed by atoms with Gasteiger partial charge in [-0.25, -0.2) is 9.59 Å². The molecule has 2 aliphatic heterocycles.